The largest absolute Gasteiger partial charge is 0.376 e. The monoisotopic (exact) mass is 219 g/mol. The molecule has 2 aromatic rings. The first-order valence-electron chi connectivity index (χ1n) is 5.43. The SMILES string of the molecule is c1nc(NC[C@H]2CCCO2)c2[nH]cnc2n1. The number of imidazole rings is 1. The number of hydrogen-bond acceptors (Lipinski definition) is 5. The number of rotatable bonds is 3. The highest BCUT2D eigenvalue weighted by Crippen LogP contribution is 2.16. The Labute approximate surface area is 92.5 Å². The van der Waals surface area contributed by atoms with E-state index in [-0.39, 0.29) is 0 Å². The lowest BCUT2D eigenvalue weighted by atomic mass is 10.2. The maximum absolute atomic E-state index is 5.54. The summed E-state index contributed by atoms with van der Waals surface area (Å²) in [7, 11) is 0. The van der Waals surface area contributed by atoms with Gasteiger partial charge in [0.2, 0.25) is 0 Å². The molecule has 1 aliphatic heterocycles. The topological polar surface area (TPSA) is 75.7 Å². The summed E-state index contributed by atoms with van der Waals surface area (Å²) in [5.41, 5.74) is 1.53. The summed E-state index contributed by atoms with van der Waals surface area (Å²) in [5, 5.41) is 3.27. The lowest BCUT2D eigenvalue weighted by Crippen LogP contribution is -2.19. The molecule has 2 aromatic heterocycles. The molecule has 6 nitrogen and oxygen atoms in total. The lowest BCUT2D eigenvalue weighted by molar-refractivity contribution is 0.120. The van der Waals surface area contributed by atoms with Gasteiger partial charge in [-0.15, -0.1) is 0 Å². The van der Waals surface area contributed by atoms with Crippen LogP contribution in [0.15, 0.2) is 12.7 Å². The van der Waals surface area contributed by atoms with Crippen molar-refractivity contribution in [2.45, 2.75) is 18.9 Å². The van der Waals surface area contributed by atoms with E-state index in [1.54, 1.807) is 6.33 Å². The molecule has 0 saturated carbocycles. The van der Waals surface area contributed by atoms with Gasteiger partial charge in [0.1, 0.15) is 11.8 Å². The molecule has 0 aliphatic carbocycles. The van der Waals surface area contributed by atoms with Gasteiger partial charge in [-0.1, -0.05) is 0 Å². The Balaban J connectivity index is 1.75. The third-order valence-electron chi connectivity index (χ3n) is 2.74. The van der Waals surface area contributed by atoms with E-state index in [4.69, 9.17) is 4.74 Å². The molecule has 0 spiro atoms. The zero-order chi connectivity index (χ0) is 10.8. The van der Waals surface area contributed by atoms with Gasteiger partial charge in [-0.05, 0) is 12.8 Å². The molecule has 0 aromatic carbocycles. The Morgan fingerprint density at radius 3 is 3.31 bits per heavy atom. The number of ether oxygens (including phenoxy) is 1. The van der Waals surface area contributed by atoms with E-state index in [9.17, 15) is 0 Å². The fraction of sp³-hybridized carbons (Fsp3) is 0.500. The molecule has 1 atom stereocenters. The summed E-state index contributed by atoms with van der Waals surface area (Å²) < 4.78 is 5.54. The highest BCUT2D eigenvalue weighted by Gasteiger charge is 2.15. The summed E-state index contributed by atoms with van der Waals surface area (Å²) in [6, 6.07) is 0. The Kier molecular flexibility index (Phi) is 2.41. The van der Waals surface area contributed by atoms with Crippen molar-refractivity contribution in [2.75, 3.05) is 18.5 Å². The van der Waals surface area contributed by atoms with Crippen LogP contribution in [0.25, 0.3) is 11.2 Å². The van der Waals surface area contributed by atoms with Crippen LogP contribution < -0.4 is 5.32 Å². The van der Waals surface area contributed by atoms with Crippen molar-refractivity contribution in [3.63, 3.8) is 0 Å². The first-order chi connectivity index (χ1) is 7.93. The minimum absolute atomic E-state index is 0.299. The van der Waals surface area contributed by atoms with E-state index in [2.05, 4.69) is 25.3 Å². The molecule has 1 fully saturated rings. The quantitative estimate of drug-likeness (QED) is 0.803. The summed E-state index contributed by atoms with van der Waals surface area (Å²) in [4.78, 5) is 15.4. The smallest absolute Gasteiger partial charge is 0.182 e. The molecule has 1 aliphatic rings. The van der Waals surface area contributed by atoms with Gasteiger partial charge in [0.25, 0.3) is 0 Å². The van der Waals surface area contributed by atoms with E-state index in [0.717, 1.165) is 37.3 Å². The minimum atomic E-state index is 0.299. The predicted molar refractivity (Wildman–Crippen MR) is 59.1 cm³/mol. The van der Waals surface area contributed by atoms with Gasteiger partial charge < -0.3 is 15.0 Å². The minimum Gasteiger partial charge on any atom is -0.376 e. The molecular formula is C10H13N5O. The van der Waals surface area contributed by atoms with E-state index < -0.39 is 0 Å². The third-order valence-corrected chi connectivity index (χ3v) is 2.74. The number of aromatic amines is 1. The lowest BCUT2D eigenvalue weighted by Gasteiger charge is -2.11. The van der Waals surface area contributed by atoms with Crippen molar-refractivity contribution in [1.29, 1.82) is 0 Å². The molecule has 3 heterocycles. The number of aromatic nitrogens is 4. The van der Waals surface area contributed by atoms with Gasteiger partial charge in [0.05, 0.1) is 12.4 Å². The molecular weight excluding hydrogens is 206 g/mol. The zero-order valence-electron chi connectivity index (χ0n) is 8.81. The zero-order valence-corrected chi connectivity index (χ0v) is 8.81. The van der Waals surface area contributed by atoms with Crippen LogP contribution in [0.2, 0.25) is 0 Å². The van der Waals surface area contributed by atoms with E-state index >= 15 is 0 Å². The maximum Gasteiger partial charge on any atom is 0.182 e. The van der Waals surface area contributed by atoms with Crippen molar-refractivity contribution in [2.24, 2.45) is 0 Å². The number of nitrogens with one attached hydrogen (secondary N) is 2. The fourth-order valence-electron chi connectivity index (χ4n) is 1.91. The Morgan fingerprint density at radius 1 is 1.44 bits per heavy atom. The molecule has 3 rings (SSSR count). The first-order valence-corrected chi connectivity index (χ1v) is 5.43. The molecule has 16 heavy (non-hydrogen) atoms. The van der Waals surface area contributed by atoms with Crippen molar-refractivity contribution in [1.82, 2.24) is 19.9 Å². The average Bonchev–Trinajstić information content (AvgIpc) is 2.97. The number of H-pyrrole nitrogens is 1. The molecule has 1 saturated heterocycles. The Hall–Kier alpha value is -1.69. The van der Waals surface area contributed by atoms with E-state index in [0.29, 0.717) is 11.8 Å². The van der Waals surface area contributed by atoms with Crippen LogP contribution in [0, 0.1) is 0 Å². The summed E-state index contributed by atoms with van der Waals surface area (Å²) >= 11 is 0. The molecule has 84 valence electrons. The van der Waals surface area contributed by atoms with Crippen molar-refractivity contribution < 1.29 is 4.74 Å². The first kappa shape index (κ1) is 9.53. The maximum atomic E-state index is 5.54. The van der Waals surface area contributed by atoms with Gasteiger partial charge >= 0.3 is 0 Å². The van der Waals surface area contributed by atoms with Crippen LogP contribution in [0.1, 0.15) is 12.8 Å². The molecule has 0 bridgehead atoms. The van der Waals surface area contributed by atoms with Crippen molar-refractivity contribution in [3.05, 3.63) is 12.7 Å². The van der Waals surface area contributed by atoms with Gasteiger partial charge in [-0.2, -0.15) is 0 Å². The second kappa shape index (κ2) is 4.05. The summed E-state index contributed by atoms with van der Waals surface area (Å²) in [5.74, 6) is 0.790. The van der Waals surface area contributed by atoms with Crippen LogP contribution >= 0.6 is 0 Å². The highest BCUT2D eigenvalue weighted by atomic mass is 16.5. The Bertz CT molecular complexity index is 477. The summed E-state index contributed by atoms with van der Waals surface area (Å²) in [6.07, 6.45) is 5.70. The number of hydrogen-bond donors (Lipinski definition) is 2. The van der Waals surface area contributed by atoms with Crippen LogP contribution in [-0.4, -0.2) is 39.2 Å². The van der Waals surface area contributed by atoms with Crippen LogP contribution in [0.3, 0.4) is 0 Å². The standard InChI is InChI=1S/C10H13N5O/c1-2-7(16-3-1)4-11-9-8-10(13-5-12-8)15-6-14-9/h5-7H,1-4H2,(H2,11,12,13,14,15)/t7-/m1/s1. The molecule has 6 heteroatoms. The Morgan fingerprint density at radius 2 is 2.44 bits per heavy atom. The van der Waals surface area contributed by atoms with E-state index in [1.165, 1.54) is 6.33 Å². The van der Waals surface area contributed by atoms with Crippen molar-refractivity contribution >= 4 is 17.0 Å². The highest BCUT2D eigenvalue weighted by molar-refractivity contribution is 5.81. The van der Waals surface area contributed by atoms with Crippen LogP contribution in [0.4, 0.5) is 5.82 Å². The number of nitrogens with zero attached hydrogens (tertiary/aromatic N) is 3. The predicted octanol–water partition coefficient (Wildman–Crippen LogP) is 0.944. The van der Waals surface area contributed by atoms with Gasteiger partial charge in [-0.3, -0.25) is 0 Å². The fourth-order valence-corrected chi connectivity index (χ4v) is 1.91. The van der Waals surface area contributed by atoms with Gasteiger partial charge in [0, 0.05) is 13.2 Å². The van der Waals surface area contributed by atoms with Crippen LogP contribution in [-0.2, 0) is 4.74 Å². The second-order valence-electron chi connectivity index (χ2n) is 3.84. The normalized spacial score (nSPS) is 20.4. The molecule has 0 radical (unpaired) electrons. The third kappa shape index (κ3) is 1.71. The molecule has 0 amide bonds. The number of anilines is 1. The van der Waals surface area contributed by atoms with Crippen molar-refractivity contribution in [3.8, 4) is 0 Å². The van der Waals surface area contributed by atoms with Crippen LogP contribution in [0.5, 0.6) is 0 Å². The second-order valence-corrected chi connectivity index (χ2v) is 3.84. The van der Waals surface area contributed by atoms with Gasteiger partial charge in [0.15, 0.2) is 11.5 Å². The molecule has 2 N–H and O–H groups in total. The number of fused-ring (bicyclic) bond motifs is 1. The van der Waals surface area contributed by atoms with Gasteiger partial charge in [-0.25, -0.2) is 15.0 Å². The van der Waals surface area contributed by atoms with E-state index in [1.807, 2.05) is 0 Å². The summed E-state index contributed by atoms with van der Waals surface area (Å²) in [6.45, 7) is 1.65. The molecule has 0 unspecified atom stereocenters. The average molecular weight is 219 g/mol.